The summed E-state index contributed by atoms with van der Waals surface area (Å²) in [6.45, 7) is 5.71. The second-order valence-electron chi connectivity index (χ2n) is 5.63. The molecule has 16 heteroatoms. The Morgan fingerprint density at radius 2 is 1.20 bits per heavy atom. The Bertz CT molecular complexity index is 570. The molecule has 0 aliphatic heterocycles. The minimum atomic E-state index is -3.96. The minimum absolute atomic E-state index is 0.00968. The van der Waals surface area contributed by atoms with Crippen molar-refractivity contribution in [2.45, 2.75) is 58.5 Å². The molecule has 0 radical (unpaired) electrons. The molecule has 0 amide bonds. The van der Waals surface area contributed by atoms with E-state index < -0.39 is 43.5 Å². The van der Waals surface area contributed by atoms with E-state index in [1.165, 1.54) is 0 Å². The molecule has 14 nitrogen and oxygen atoms in total. The molecule has 0 heterocycles. The molecule has 0 spiro atoms. The summed E-state index contributed by atoms with van der Waals surface area (Å²) in [5.41, 5.74) is 0. The van der Waals surface area contributed by atoms with E-state index >= 15 is 0 Å². The maximum atomic E-state index is 13.3. The van der Waals surface area contributed by atoms with Gasteiger partial charge in [0.15, 0.2) is 5.40 Å². The first-order chi connectivity index (χ1) is 14.1. The van der Waals surface area contributed by atoms with E-state index in [-0.39, 0.29) is 45.7 Å². The molecule has 0 bridgehead atoms. The fourth-order valence-corrected chi connectivity index (χ4v) is 8.05. The first-order valence-corrected chi connectivity index (χ1v) is 12.7. The molecule has 1 atom stereocenters. The molecule has 0 aliphatic rings. The summed E-state index contributed by atoms with van der Waals surface area (Å²) < 4.78 is 48.0. The molecular weight excluding hydrogens is 450 g/mol. The number of rotatable bonds is 19. The van der Waals surface area contributed by atoms with Crippen molar-refractivity contribution in [3.63, 3.8) is 0 Å². The van der Waals surface area contributed by atoms with Crippen LogP contribution in [0.1, 0.15) is 47.0 Å². The second-order valence-corrected chi connectivity index (χ2v) is 10.5. The normalized spacial score (nSPS) is 13.2. The molecule has 0 unspecified atom stereocenters. The predicted octanol–water partition coefficient (Wildman–Crippen LogP) is 3.80. The van der Waals surface area contributed by atoms with Crippen molar-refractivity contribution in [2.24, 2.45) is 0 Å². The van der Waals surface area contributed by atoms with Gasteiger partial charge in [0.2, 0.25) is 0 Å². The summed E-state index contributed by atoms with van der Waals surface area (Å²) in [4.78, 5) is 29.4. The van der Waals surface area contributed by atoms with Crippen LogP contribution in [0.4, 0.5) is 0 Å². The smallest absolute Gasteiger partial charge is 0.312 e. The Kier molecular flexibility index (Phi) is 14.0. The van der Waals surface area contributed by atoms with Gasteiger partial charge in [0, 0.05) is 0 Å². The highest BCUT2D eigenvalue weighted by Crippen LogP contribution is 2.71. The summed E-state index contributed by atoms with van der Waals surface area (Å²) in [5.74, 6) is 0. The Hall–Kier alpha value is -1.30. The first kappa shape index (κ1) is 28.7. The standard InChI is InChI=1S/C14H30N2O12P2/c1-5-24-29(21,25-6-2)14(30(22,26-7-3)27-8-4)11-9-10-13(28-16(19)20)12-23-15(17)18/h13-14H,5-12H2,1-4H3/t13-/m0/s1. The molecule has 0 fully saturated rings. The summed E-state index contributed by atoms with van der Waals surface area (Å²) in [7, 11) is -7.91. The SMILES string of the molecule is CCOP(=O)(OCC)C(CCC[C@@H](CO[N+](=O)[O-])O[N+](=O)[O-])P(=O)(OCC)OCC. The topological polar surface area (TPSA) is 176 Å². The van der Waals surface area contributed by atoms with Crippen molar-refractivity contribution in [2.75, 3.05) is 33.0 Å². The van der Waals surface area contributed by atoms with E-state index in [1.807, 2.05) is 0 Å². The van der Waals surface area contributed by atoms with Gasteiger partial charge < -0.3 is 27.8 Å². The second kappa shape index (κ2) is 14.7. The van der Waals surface area contributed by atoms with E-state index in [0.29, 0.717) is 0 Å². The largest absolute Gasteiger partial charge is 0.345 e. The van der Waals surface area contributed by atoms with E-state index in [0.717, 1.165) is 0 Å². The monoisotopic (exact) mass is 480 g/mol. The predicted molar refractivity (Wildman–Crippen MR) is 104 cm³/mol. The molecule has 0 aliphatic carbocycles. The zero-order valence-corrected chi connectivity index (χ0v) is 19.3. The molecule has 30 heavy (non-hydrogen) atoms. The Morgan fingerprint density at radius 1 is 0.767 bits per heavy atom. The first-order valence-electron chi connectivity index (χ1n) is 9.44. The average Bonchev–Trinajstić information content (AvgIpc) is 2.63. The minimum Gasteiger partial charge on any atom is -0.312 e. The van der Waals surface area contributed by atoms with E-state index in [2.05, 4.69) is 9.68 Å². The van der Waals surface area contributed by atoms with E-state index in [4.69, 9.17) is 18.1 Å². The van der Waals surface area contributed by atoms with Gasteiger partial charge in [-0.3, -0.25) is 9.13 Å². The lowest BCUT2D eigenvalue weighted by atomic mass is 10.2. The van der Waals surface area contributed by atoms with Gasteiger partial charge >= 0.3 is 15.2 Å². The highest BCUT2D eigenvalue weighted by atomic mass is 31.2. The number of hydrogen-bond donors (Lipinski definition) is 0. The van der Waals surface area contributed by atoms with Crippen molar-refractivity contribution >= 4 is 15.2 Å². The zero-order chi connectivity index (χ0) is 23.2. The van der Waals surface area contributed by atoms with Crippen molar-refractivity contribution in [1.82, 2.24) is 0 Å². The molecular formula is C14H30N2O12P2. The van der Waals surface area contributed by atoms with Gasteiger partial charge in [0.1, 0.15) is 12.7 Å². The molecule has 0 saturated carbocycles. The Balaban J connectivity index is 5.59. The fourth-order valence-electron chi connectivity index (χ4n) is 2.59. The Morgan fingerprint density at radius 3 is 1.53 bits per heavy atom. The van der Waals surface area contributed by atoms with Gasteiger partial charge in [-0.05, 0) is 47.0 Å². The third-order valence-electron chi connectivity index (χ3n) is 3.56. The third kappa shape index (κ3) is 10.1. The highest BCUT2D eigenvalue weighted by molar-refractivity contribution is 7.72. The van der Waals surface area contributed by atoms with Crippen molar-refractivity contribution in [1.29, 1.82) is 0 Å². The quantitative estimate of drug-likeness (QED) is 0.149. The van der Waals surface area contributed by atoms with E-state index in [9.17, 15) is 29.4 Å². The summed E-state index contributed by atoms with van der Waals surface area (Å²) in [5, 5.41) is 17.4. The van der Waals surface area contributed by atoms with Crippen LogP contribution in [-0.4, -0.2) is 54.7 Å². The summed E-state index contributed by atoms with van der Waals surface area (Å²) >= 11 is 0. The van der Waals surface area contributed by atoms with Crippen molar-refractivity contribution < 1.29 is 47.1 Å². The van der Waals surface area contributed by atoms with Crippen LogP contribution in [-0.2, 0) is 36.9 Å². The van der Waals surface area contributed by atoms with Crippen molar-refractivity contribution in [3.05, 3.63) is 20.2 Å². The molecule has 0 aromatic carbocycles. The Labute approximate surface area is 174 Å². The lowest BCUT2D eigenvalue weighted by molar-refractivity contribution is -0.790. The molecule has 0 rings (SSSR count). The lowest BCUT2D eigenvalue weighted by Gasteiger charge is -2.31. The molecule has 178 valence electrons. The lowest BCUT2D eigenvalue weighted by Crippen LogP contribution is -2.25. The fraction of sp³-hybridized carbons (Fsp3) is 1.00. The summed E-state index contributed by atoms with van der Waals surface area (Å²) in [6, 6.07) is 0. The van der Waals surface area contributed by atoms with Gasteiger partial charge in [-0.25, -0.2) is 0 Å². The maximum absolute atomic E-state index is 13.3. The van der Waals surface area contributed by atoms with Crippen LogP contribution in [0.5, 0.6) is 0 Å². The molecule has 0 aromatic rings. The third-order valence-corrected chi connectivity index (χ3v) is 9.70. The number of hydrogen-bond acceptors (Lipinski definition) is 12. The zero-order valence-electron chi connectivity index (χ0n) is 17.5. The summed E-state index contributed by atoms with van der Waals surface area (Å²) in [6.07, 6.45) is -1.39. The van der Waals surface area contributed by atoms with Gasteiger partial charge in [-0.15, -0.1) is 20.2 Å². The van der Waals surface area contributed by atoms with Crippen LogP contribution >= 0.6 is 15.2 Å². The molecule has 0 N–H and O–H groups in total. The van der Waals surface area contributed by atoms with Gasteiger partial charge in [0.05, 0.1) is 26.4 Å². The van der Waals surface area contributed by atoms with Crippen LogP contribution in [0.15, 0.2) is 0 Å². The maximum Gasteiger partial charge on any atom is 0.345 e. The van der Waals surface area contributed by atoms with Crippen LogP contribution in [0.2, 0.25) is 0 Å². The average molecular weight is 480 g/mol. The van der Waals surface area contributed by atoms with Gasteiger partial charge in [0.25, 0.3) is 10.2 Å². The molecule has 0 saturated heterocycles. The van der Waals surface area contributed by atoms with Gasteiger partial charge in [-0.2, -0.15) is 0 Å². The molecule has 0 aromatic heterocycles. The highest BCUT2D eigenvalue weighted by Gasteiger charge is 2.50. The van der Waals surface area contributed by atoms with Crippen LogP contribution in [0.3, 0.4) is 0 Å². The van der Waals surface area contributed by atoms with E-state index in [1.54, 1.807) is 27.7 Å². The van der Waals surface area contributed by atoms with Crippen LogP contribution in [0.25, 0.3) is 0 Å². The van der Waals surface area contributed by atoms with Crippen molar-refractivity contribution in [3.8, 4) is 0 Å². The van der Waals surface area contributed by atoms with Crippen LogP contribution in [0, 0.1) is 20.2 Å². The van der Waals surface area contributed by atoms with Gasteiger partial charge in [-0.1, -0.05) is 0 Å². The van der Waals surface area contributed by atoms with Crippen LogP contribution < -0.4 is 0 Å². The number of nitrogens with zero attached hydrogens (tertiary/aromatic N) is 2.